The SMILES string of the molecule is C=C(C)C1CCc2c(Cl)c(-c3ccc(F)c4sc(N)c(C#N)c34)c(F)c3nc(C)nc(c23)N1CC(F)F. The number of anilines is 2. The molecule has 0 aliphatic carbocycles. The predicted octanol–water partition coefficient (Wildman–Crippen LogP) is 7.17. The van der Waals surface area contributed by atoms with Crippen LogP contribution in [0.1, 0.15) is 30.3 Å². The first kappa shape index (κ1) is 25.2. The van der Waals surface area contributed by atoms with E-state index in [2.05, 4.69) is 16.5 Å². The summed E-state index contributed by atoms with van der Waals surface area (Å²) < 4.78 is 58.5. The van der Waals surface area contributed by atoms with Crippen molar-refractivity contribution >= 4 is 54.7 Å². The van der Waals surface area contributed by atoms with Gasteiger partial charge in [-0.15, -0.1) is 11.3 Å². The van der Waals surface area contributed by atoms with Crippen LogP contribution in [0.15, 0.2) is 24.3 Å². The fourth-order valence-electron chi connectivity index (χ4n) is 5.12. The quantitative estimate of drug-likeness (QED) is 0.217. The molecule has 1 aliphatic rings. The average molecular weight is 546 g/mol. The summed E-state index contributed by atoms with van der Waals surface area (Å²) in [4.78, 5) is 10.2. The molecule has 0 fully saturated rings. The summed E-state index contributed by atoms with van der Waals surface area (Å²) in [7, 11) is 0. The second kappa shape index (κ2) is 9.15. The second-order valence-corrected chi connectivity index (χ2v) is 10.4. The van der Waals surface area contributed by atoms with Crippen molar-refractivity contribution in [3.05, 3.63) is 57.9 Å². The Labute approximate surface area is 218 Å². The summed E-state index contributed by atoms with van der Waals surface area (Å²) >= 11 is 7.77. The van der Waals surface area contributed by atoms with Gasteiger partial charge < -0.3 is 10.6 Å². The number of fused-ring (bicyclic) bond motifs is 1. The summed E-state index contributed by atoms with van der Waals surface area (Å²) in [6.07, 6.45) is -1.99. The van der Waals surface area contributed by atoms with Gasteiger partial charge in [0.2, 0.25) is 0 Å². The Morgan fingerprint density at radius 1 is 1.32 bits per heavy atom. The predicted molar refractivity (Wildman–Crippen MR) is 139 cm³/mol. The molecule has 2 aromatic carbocycles. The highest BCUT2D eigenvalue weighted by Gasteiger charge is 2.34. The van der Waals surface area contributed by atoms with E-state index in [4.69, 9.17) is 17.3 Å². The Bertz CT molecular complexity index is 1660. The van der Waals surface area contributed by atoms with Crippen LogP contribution in [-0.2, 0) is 6.42 Å². The molecule has 0 amide bonds. The maximum absolute atomic E-state index is 16.4. The number of nitriles is 1. The minimum atomic E-state index is -2.67. The number of rotatable bonds is 4. The van der Waals surface area contributed by atoms with E-state index >= 15 is 4.39 Å². The van der Waals surface area contributed by atoms with Crippen molar-refractivity contribution in [3.63, 3.8) is 0 Å². The number of hydrogen-bond donors (Lipinski definition) is 1. The van der Waals surface area contributed by atoms with Crippen LogP contribution in [0.3, 0.4) is 0 Å². The number of nitrogens with zero attached hydrogens (tertiary/aromatic N) is 4. The molecule has 0 bridgehead atoms. The summed E-state index contributed by atoms with van der Waals surface area (Å²) in [5, 5.41) is 10.3. The molecule has 37 heavy (non-hydrogen) atoms. The maximum Gasteiger partial charge on any atom is 0.255 e. The van der Waals surface area contributed by atoms with E-state index in [9.17, 15) is 18.4 Å². The van der Waals surface area contributed by atoms with Crippen LogP contribution in [0, 0.1) is 29.9 Å². The van der Waals surface area contributed by atoms with Gasteiger partial charge in [-0.25, -0.2) is 27.5 Å². The number of thiophene rings is 1. The molecule has 0 spiro atoms. The van der Waals surface area contributed by atoms with Crippen molar-refractivity contribution in [3.8, 4) is 17.2 Å². The molecule has 0 saturated heterocycles. The molecule has 190 valence electrons. The standard InChI is InChI=1S/C26H20ClF4N5S/c1-10(2)16-7-5-13-20-23(34-11(3)35-26(20)36(16)9-17(29)30)22(31)19(21(13)27)12-4-6-15(28)24-18(12)14(8-32)25(33)37-24/h4,6,16-17H,1,5,7,9,33H2,2-3H3. The van der Waals surface area contributed by atoms with Crippen molar-refractivity contribution in [2.24, 2.45) is 0 Å². The molecule has 5 rings (SSSR count). The molecular weight excluding hydrogens is 526 g/mol. The third kappa shape index (κ3) is 3.88. The first-order valence-corrected chi connectivity index (χ1v) is 12.5. The minimum Gasteiger partial charge on any atom is -0.389 e. The highest BCUT2D eigenvalue weighted by atomic mass is 35.5. The van der Waals surface area contributed by atoms with Crippen molar-refractivity contribution < 1.29 is 17.6 Å². The van der Waals surface area contributed by atoms with Gasteiger partial charge in [-0.3, -0.25) is 0 Å². The van der Waals surface area contributed by atoms with Gasteiger partial charge in [-0.2, -0.15) is 5.26 Å². The lowest BCUT2D eigenvalue weighted by atomic mass is 9.93. The van der Waals surface area contributed by atoms with Crippen LogP contribution >= 0.6 is 22.9 Å². The van der Waals surface area contributed by atoms with Gasteiger partial charge in [0.1, 0.15) is 34.0 Å². The van der Waals surface area contributed by atoms with E-state index < -0.39 is 30.6 Å². The van der Waals surface area contributed by atoms with Gasteiger partial charge in [0.05, 0.1) is 33.3 Å². The van der Waals surface area contributed by atoms with E-state index in [0.29, 0.717) is 24.0 Å². The highest BCUT2D eigenvalue weighted by molar-refractivity contribution is 7.23. The molecule has 1 atom stereocenters. The Morgan fingerprint density at radius 2 is 2.05 bits per heavy atom. The van der Waals surface area contributed by atoms with E-state index in [1.165, 1.54) is 17.0 Å². The summed E-state index contributed by atoms with van der Waals surface area (Å²) in [5.41, 5.74) is 7.21. The van der Waals surface area contributed by atoms with E-state index in [-0.39, 0.29) is 59.3 Å². The number of aryl methyl sites for hydroxylation is 2. The van der Waals surface area contributed by atoms with Gasteiger partial charge in [-0.1, -0.05) is 29.8 Å². The summed E-state index contributed by atoms with van der Waals surface area (Å²) in [6, 6.07) is 4.03. The maximum atomic E-state index is 16.4. The first-order valence-electron chi connectivity index (χ1n) is 11.3. The Balaban J connectivity index is 1.91. The highest BCUT2D eigenvalue weighted by Crippen LogP contribution is 2.48. The van der Waals surface area contributed by atoms with Crippen LogP contribution in [0.4, 0.5) is 28.4 Å². The van der Waals surface area contributed by atoms with Crippen molar-refractivity contribution in [1.29, 1.82) is 5.26 Å². The number of hydrogen-bond acceptors (Lipinski definition) is 6. The third-order valence-corrected chi connectivity index (χ3v) is 8.08. The summed E-state index contributed by atoms with van der Waals surface area (Å²) in [6.45, 7) is 6.66. The molecule has 2 aromatic heterocycles. The van der Waals surface area contributed by atoms with E-state index in [1.54, 1.807) is 13.8 Å². The van der Waals surface area contributed by atoms with Crippen LogP contribution in [-0.4, -0.2) is 29.0 Å². The van der Waals surface area contributed by atoms with Crippen LogP contribution in [0.5, 0.6) is 0 Å². The second-order valence-electron chi connectivity index (χ2n) is 9.00. The van der Waals surface area contributed by atoms with Crippen LogP contribution in [0.2, 0.25) is 5.02 Å². The average Bonchev–Trinajstić information content (AvgIpc) is 3.09. The largest absolute Gasteiger partial charge is 0.389 e. The third-order valence-electron chi connectivity index (χ3n) is 6.63. The van der Waals surface area contributed by atoms with Gasteiger partial charge in [0.25, 0.3) is 6.43 Å². The number of nitrogens with two attached hydrogens (primary N) is 1. The number of benzene rings is 2. The minimum absolute atomic E-state index is 0.0274. The zero-order valence-electron chi connectivity index (χ0n) is 19.8. The number of nitrogen functional groups attached to an aromatic ring is 1. The number of aromatic nitrogens is 2. The monoisotopic (exact) mass is 545 g/mol. The molecule has 4 aromatic rings. The molecule has 2 N–H and O–H groups in total. The fraction of sp³-hybridized carbons (Fsp3) is 0.269. The molecule has 5 nitrogen and oxygen atoms in total. The lowest BCUT2D eigenvalue weighted by Crippen LogP contribution is -2.39. The summed E-state index contributed by atoms with van der Waals surface area (Å²) in [5.74, 6) is -1.07. The lowest BCUT2D eigenvalue weighted by Gasteiger charge is -2.32. The van der Waals surface area contributed by atoms with Crippen molar-refractivity contribution in [2.75, 3.05) is 17.2 Å². The Kier molecular flexibility index (Phi) is 6.24. The van der Waals surface area contributed by atoms with Gasteiger partial charge >= 0.3 is 0 Å². The van der Waals surface area contributed by atoms with Gasteiger partial charge in [0.15, 0.2) is 5.82 Å². The number of halogens is 5. The normalized spacial score (nSPS) is 15.4. The Hall–Kier alpha value is -3.42. The topological polar surface area (TPSA) is 78.8 Å². The van der Waals surface area contributed by atoms with Crippen LogP contribution < -0.4 is 10.6 Å². The fourth-order valence-corrected chi connectivity index (χ4v) is 6.44. The molecule has 1 unspecified atom stereocenters. The van der Waals surface area contributed by atoms with Gasteiger partial charge in [0, 0.05) is 10.9 Å². The molecule has 0 saturated carbocycles. The molecule has 1 aliphatic heterocycles. The molecular formula is C26H20ClF4N5S. The van der Waals surface area contributed by atoms with Crippen LogP contribution in [0.25, 0.3) is 32.1 Å². The molecule has 0 radical (unpaired) electrons. The first-order chi connectivity index (χ1) is 17.5. The zero-order chi connectivity index (χ0) is 26.8. The van der Waals surface area contributed by atoms with Crippen molar-refractivity contribution in [1.82, 2.24) is 9.97 Å². The van der Waals surface area contributed by atoms with Crippen molar-refractivity contribution in [2.45, 2.75) is 39.2 Å². The Morgan fingerprint density at radius 3 is 2.70 bits per heavy atom. The van der Waals surface area contributed by atoms with Gasteiger partial charge in [-0.05, 0) is 43.9 Å². The molecule has 11 heteroatoms. The smallest absolute Gasteiger partial charge is 0.255 e. The number of alkyl halides is 2. The van der Waals surface area contributed by atoms with E-state index in [0.717, 1.165) is 11.3 Å². The van der Waals surface area contributed by atoms with E-state index in [1.807, 2.05) is 6.07 Å². The molecule has 3 heterocycles. The lowest BCUT2D eigenvalue weighted by molar-refractivity contribution is 0.152. The zero-order valence-corrected chi connectivity index (χ0v) is 21.4.